The Morgan fingerprint density at radius 3 is 2.81 bits per heavy atom. The summed E-state index contributed by atoms with van der Waals surface area (Å²) in [5.41, 5.74) is 0.460. The van der Waals surface area contributed by atoms with Crippen molar-refractivity contribution in [3.63, 3.8) is 0 Å². The number of benzene rings is 1. The molecule has 0 heterocycles. The summed E-state index contributed by atoms with van der Waals surface area (Å²) >= 11 is 0. The maximum absolute atomic E-state index is 13.7. The van der Waals surface area contributed by atoms with Crippen LogP contribution in [-0.2, 0) is 17.2 Å². The molecule has 0 bridgehead atoms. The van der Waals surface area contributed by atoms with E-state index in [-0.39, 0.29) is 11.3 Å². The third-order valence-corrected chi connectivity index (χ3v) is 6.37. The van der Waals surface area contributed by atoms with Crippen LogP contribution < -0.4 is 10.6 Å². The van der Waals surface area contributed by atoms with Crippen molar-refractivity contribution in [3.05, 3.63) is 35.4 Å². The van der Waals surface area contributed by atoms with Crippen molar-refractivity contribution < 1.29 is 13.0 Å². The van der Waals surface area contributed by atoms with Gasteiger partial charge in [0.15, 0.2) is 5.96 Å². The van der Waals surface area contributed by atoms with Crippen LogP contribution in [0.2, 0.25) is 0 Å². The Bertz CT molecular complexity index is 639. The molecule has 7 heteroatoms. The average Bonchev–Trinajstić information content (AvgIpc) is 2.63. The van der Waals surface area contributed by atoms with Crippen LogP contribution in [0, 0.1) is 11.6 Å². The number of hydrogen-bond donors (Lipinski definition) is 2. The number of aliphatic imine (C=N–C) groups is 1. The molecule has 1 aliphatic carbocycles. The fourth-order valence-electron chi connectivity index (χ4n) is 3.28. The van der Waals surface area contributed by atoms with Gasteiger partial charge >= 0.3 is 0 Å². The van der Waals surface area contributed by atoms with Gasteiger partial charge in [-0.25, -0.2) is 8.78 Å². The molecule has 0 radical (unpaired) electrons. The second-order valence-corrected chi connectivity index (χ2v) is 8.55. The van der Waals surface area contributed by atoms with Crippen LogP contribution in [0.3, 0.4) is 0 Å². The maximum atomic E-state index is 13.7. The van der Waals surface area contributed by atoms with E-state index in [0.29, 0.717) is 30.2 Å². The van der Waals surface area contributed by atoms with Gasteiger partial charge in [0.1, 0.15) is 11.6 Å². The lowest BCUT2D eigenvalue weighted by atomic mass is 9.95. The Balaban J connectivity index is 1.92. The van der Waals surface area contributed by atoms with Crippen molar-refractivity contribution in [3.8, 4) is 0 Å². The van der Waals surface area contributed by atoms with Crippen LogP contribution in [0.5, 0.6) is 0 Å². The van der Waals surface area contributed by atoms with Crippen molar-refractivity contribution >= 4 is 16.8 Å². The summed E-state index contributed by atoms with van der Waals surface area (Å²) in [4.78, 5) is 4.51. The van der Waals surface area contributed by atoms with Crippen LogP contribution in [0.1, 0.15) is 45.1 Å². The minimum atomic E-state index is -0.760. The minimum absolute atomic E-state index is 0.252. The van der Waals surface area contributed by atoms with E-state index in [2.05, 4.69) is 15.6 Å². The first-order valence-electron chi connectivity index (χ1n) is 9.39. The summed E-state index contributed by atoms with van der Waals surface area (Å²) in [6.45, 7) is 5.10. The predicted octanol–water partition coefficient (Wildman–Crippen LogP) is 3.14. The molecule has 146 valence electrons. The van der Waals surface area contributed by atoms with Crippen LogP contribution in [0.15, 0.2) is 23.2 Å². The van der Waals surface area contributed by atoms with E-state index in [9.17, 15) is 13.0 Å². The predicted molar refractivity (Wildman–Crippen MR) is 104 cm³/mol. The summed E-state index contributed by atoms with van der Waals surface area (Å²) in [5, 5.41) is 6.89. The maximum Gasteiger partial charge on any atom is 0.191 e. The topological polar surface area (TPSA) is 53.5 Å². The van der Waals surface area contributed by atoms with Gasteiger partial charge in [0.25, 0.3) is 0 Å². The van der Waals surface area contributed by atoms with E-state index in [0.717, 1.165) is 38.3 Å². The molecular weight excluding hydrogens is 356 g/mol. The molecule has 1 saturated carbocycles. The molecule has 2 rings (SSSR count). The van der Waals surface area contributed by atoms with Crippen molar-refractivity contribution in [2.75, 3.05) is 18.8 Å². The molecule has 1 fully saturated rings. The smallest absolute Gasteiger partial charge is 0.191 e. The van der Waals surface area contributed by atoms with Crippen molar-refractivity contribution in [2.45, 2.75) is 57.2 Å². The number of rotatable bonds is 7. The van der Waals surface area contributed by atoms with Crippen LogP contribution in [0.25, 0.3) is 0 Å². The largest absolute Gasteiger partial charge is 0.357 e. The van der Waals surface area contributed by atoms with E-state index < -0.39 is 22.4 Å². The van der Waals surface area contributed by atoms with Gasteiger partial charge in [-0.05, 0) is 44.2 Å². The van der Waals surface area contributed by atoms with Gasteiger partial charge in [0.2, 0.25) is 0 Å². The van der Waals surface area contributed by atoms with Gasteiger partial charge in [0, 0.05) is 47.0 Å². The number of halogens is 2. The van der Waals surface area contributed by atoms with Gasteiger partial charge in [-0.1, -0.05) is 19.4 Å². The highest BCUT2D eigenvalue weighted by Crippen LogP contribution is 2.23. The van der Waals surface area contributed by atoms with Gasteiger partial charge in [-0.2, -0.15) is 0 Å². The standard InChI is InChI=1S/C19H29F2N3OS/c1-3-22-19(23-11-10-14-8-9-15(20)12-18(14)21)24-16-6-5-7-17(13-16)26(25)4-2/h8-9,12,16-17H,3-7,10-11,13H2,1-2H3,(H2,22,23,24). The van der Waals surface area contributed by atoms with Gasteiger partial charge in [0.05, 0.1) is 0 Å². The summed E-state index contributed by atoms with van der Waals surface area (Å²) in [7, 11) is -0.760. The molecule has 1 aromatic rings. The second-order valence-electron chi connectivity index (χ2n) is 6.55. The molecule has 1 aliphatic rings. The molecule has 3 unspecified atom stereocenters. The monoisotopic (exact) mass is 385 g/mol. The highest BCUT2D eigenvalue weighted by Gasteiger charge is 2.26. The number of nitrogens with zero attached hydrogens (tertiary/aromatic N) is 1. The van der Waals surface area contributed by atoms with Crippen molar-refractivity contribution in [1.29, 1.82) is 0 Å². The van der Waals surface area contributed by atoms with Gasteiger partial charge < -0.3 is 10.6 Å². The van der Waals surface area contributed by atoms with E-state index in [1.165, 1.54) is 12.1 Å². The summed E-state index contributed by atoms with van der Waals surface area (Å²) in [5.74, 6) is 0.300. The average molecular weight is 386 g/mol. The summed E-state index contributed by atoms with van der Waals surface area (Å²) < 4.78 is 38.7. The Labute approximate surface area is 157 Å². The Hall–Kier alpha value is -1.50. The van der Waals surface area contributed by atoms with E-state index in [1.807, 2.05) is 13.8 Å². The first kappa shape index (κ1) is 20.8. The third kappa shape index (κ3) is 6.34. The zero-order chi connectivity index (χ0) is 18.9. The quantitative estimate of drug-likeness (QED) is 0.560. The fraction of sp³-hybridized carbons (Fsp3) is 0.632. The molecule has 26 heavy (non-hydrogen) atoms. The number of nitrogens with one attached hydrogen (secondary N) is 2. The minimum Gasteiger partial charge on any atom is -0.357 e. The van der Waals surface area contributed by atoms with Gasteiger partial charge in [-0.3, -0.25) is 9.20 Å². The van der Waals surface area contributed by atoms with E-state index in [1.54, 1.807) is 0 Å². The summed E-state index contributed by atoms with van der Waals surface area (Å²) in [6.07, 6.45) is 4.42. The molecule has 0 saturated heterocycles. The SMILES string of the molecule is CCNC(=NCCc1ccc(F)cc1F)NC1CCCC(S(=O)CC)C1. The Morgan fingerprint density at radius 1 is 1.31 bits per heavy atom. The normalized spacial score (nSPS) is 22.1. The van der Waals surface area contributed by atoms with Crippen molar-refractivity contribution in [2.24, 2.45) is 4.99 Å². The fourth-order valence-corrected chi connectivity index (χ4v) is 4.62. The molecular formula is C19H29F2N3OS. The molecule has 2 N–H and O–H groups in total. The Kier molecular flexibility index (Phi) is 8.48. The van der Waals surface area contributed by atoms with Crippen LogP contribution >= 0.6 is 0 Å². The number of guanidine groups is 1. The lowest BCUT2D eigenvalue weighted by Crippen LogP contribution is -2.46. The molecule has 0 amide bonds. The Morgan fingerprint density at radius 2 is 2.12 bits per heavy atom. The van der Waals surface area contributed by atoms with Gasteiger partial charge in [-0.15, -0.1) is 0 Å². The molecule has 0 aliphatic heterocycles. The molecule has 3 atom stereocenters. The molecule has 0 spiro atoms. The molecule has 1 aromatic carbocycles. The zero-order valence-corrected chi connectivity index (χ0v) is 16.4. The summed E-state index contributed by atoms with van der Waals surface area (Å²) in [6, 6.07) is 3.89. The lowest BCUT2D eigenvalue weighted by molar-refractivity contribution is 0.413. The number of hydrogen-bond acceptors (Lipinski definition) is 2. The zero-order valence-electron chi connectivity index (χ0n) is 15.6. The highest BCUT2D eigenvalue weighted by molar-refractivity contribution is 7.85. The first-order chi connectivity index (χ1) is 12.5. The highest BCUT2D eigenvalue weighted by atomic mass is 32.2. The van der Waals surface area contributed by atoms with Crippen molar-refractivity contribution in [1.82, 2.24) is 10.6 Å². The third-order valence-electron chi connectivity index (χ3n) is 4.63. The van der Waals surface area contributed by atoms with Crippen LogP contribution in [0.4, 0.5) is 8.78 Å². The lowest BCUT2D eigenvalue weighted by Gasteiger charge is -2.30. The van der Waals surface area contributed by atoms with Crippen LogP contribution in [-0.4, -0.2) is 40.3 Å². The molecule has 0 aromatic heterocycles. The molecule has 4 nitrogen and oxygen atoms in total. The van der Waals surface area contributed by atoms with E-state index >= 15 is 0 Å². The first-order valence-corrected chi connectivity index (χ1v) is 10.8. The second kappa shape index (κ2) is 10.6. The van der Waals surface area contributed by atoms with E-state index in [4.69, 9.17) is 0 Å².